The van der Waals surface area contributed by atoms with Crippen molar-refractivity contribution in [3.05, 3.63) is 41.2 Å². The Hall–Kier alpha value is 0.426. The van der Waals surface area contributed by atoms with Crippen molar-refractivity contribution in [2.45, 2.75) is 19.3 Å². The maximum Gasteiger partial charge on any atom is 2.00 e. The first-order valence-corrected chi connectivity index (χ1v) is 5.12. The molecule has 1 aliphatic heterocycles. The quantitative estimate of drug-likeness (QED) is 0.656. The smallest absolute Gasteiger partial charge is 1.00 e. The van der Waals surface area contributed by atoms with Crippen LogP contribution in [0.2, 0.25) is 0 Å². The van der Waals surface area contributed by atoms with E-state index in [1.807, 2.05) is 0 Å². The molecule has 0 saturated carbocycles. The van der Waals surface area contributed by atoms with E-state index in [1.54, 1.807) is 0 Å². The molecule has 0 aromatic heterocycles. The normalized spacial score (nSPS) is 16.3. The number of hydrogen-bond acceptors (Lipinski definition) is 0. The van der Waals surface area contributed by atoms with Gasteiger partial charge < -0.3 is 22.3 Å². The summed E-state index contributed by atoms with van der Waals surface area (Å²) in [5.41, 5.74) is 1.48. The molecule has 0 spiro atoms. The number of rotatable bonds is 2. The Morgan fingerprint density at radius 2 is 1.67 bits per heavy atom. The summed E-state index contributed by atoms with van der Waals surface area (Å²) in [5.74, 6) is 0.875. The molecule has 1 nitrogen and oxygen atoms in total. The summed E-state index contributed by atoms with van der Waals surface area (Å²) in [5, 5.41) is 4.37. The third kappa shape index (κ3) is 5.34. The standard InChI is InChI=1S/C12H16N.BrH.Mg/c1-2-4-11(5-3-1)10-12-6-8-13-9-7-12;;/h1-5,12H,6-10H2;1H;/q-1;;+2/p-1. The molecule has 3 heteroatoms. The second-order valence-electron chi connectivity index (χ2n) is 3.80. The molecule has 0 bridgehead atoms. The van der Waals surface area contributed by atoms with Crippen LogP contribution in [-0.2, 0) is 6.42 Å². The summed E-state index contributed by atoms with van der Waals surface area (Å²) in [4.78, 5) is 0. The van der Waals surface area contributed by atoms with Crippen molar-refractivity contribution in [2.75, 3.05) is 13.1 Å². The van der Waals surface area contributed by atoms with E-state index in [9.17, 15) is 0 Å². The molecule has 0 unspecified atom stereocenters. The zero-order valence-electron chi connectivity index (χ0n) is 9.03. The predicted molar refractivity (Wildman–Crippen MR) is 61.7 cm³/mol. The number of benzene rings is 1. The van der Waals surface area contributed by atoms with Crippen LogP contribution in [0.4, 0.5) is 0 Å². The molecule has 1 fully saturated rings. The Balaban J connectivity index is 0.000000980. The molecule has 1 saturated heterocycles. The van der Waals surface area contributed by atoms with Gasteiger partial charge in [-0.2, -0.15) is 0 Å². The molecule has 2 rings (SSSR count). The summed E-state index contributed by atoms with van der Waals surface area (Å²) in [6.07, 6.45) is 3.82. The van der Waals surface area contributed by atoms with Crippen molar-refractivity contribution in [3.8, 4) is 0 Å². The number of halogens is 1. The Labute approximate surface area is 119 Å². The van der Waals surface area contributed by atoms with E-state index in [4.69, 9.17) is 0 Å². The fourth-order valence-corrected chi connectivity index (χ4v) is 1.96. The van der Waals surface area contributed by atoms with E-state index in [-0.39, 0.29) is 40.0 Å². The number of hydrogen-bond donors (Lipinski definition) is 0. The molecule has 15 heavy (non-hydrogen) atoms. The second-order valence-corrected chi connectivity index (χ2v) is 3.80. The third-order valence-corrected chi connectivity index (χ3v) is 2.76. The van der Waals surface area contributed by atoms with Crippen molar-refractivity contribution in [3.63, 3.8) is 0 Å². The summed E-state index contributed by atoms with van der Waals surface area (Å²) < 4.78 is 0. The van der Waals surface area contributed by atoms with Crippen molar-refractivity contribution < 1.29 is 17.0 Å². The largest absolute Gasteiger partial charge is 2.00 e. The van der Waals surface area contributed by atoms with Gasteiger partial charge in [0.25, 0.3) is 0 Å². The van der Waals surface area contributed by atoms with Crippen LogP contribution in [0.1, 0.15) is 18.4 Å². The topological polar surface area (TPSA) is 14.1 Å². The van der Waals surface area contributed by atoms with Gasteiger partial charge in [-0.1, -0.05) is 43.2 Å². The molecule has 1 aromatic carbocycles. The molecule has 1 heterocycles. The minimum absolute atomic E-state index is 0. The molecule has 1 aromatic rings. The SMILES string of the molecule is [Br-].[Mg+2].c1ccc(CC2CC[N-]CC2)cc1. The summed E-state index contributed by atoms with van der Waals surface area (Å²) >= 11 is 0. The maximum atomic E-state index is 4.37. The molecule has 0 amide bonds. The van der Waals surface area contributed by atoms with Crippen LogP contribution >= 0.6 is 0 Å². The Bertz CT molecular complexity index is 247. The second kappa shape index (κ2) is 8.56. The summed E-state index contributed by atoms with van der Waals surface area (Å²) in [7, 11) is 0. The minimum atomic E-state index is 0. The van der Waals surface area contributed by atoms with E-state index in [0.717, 1.165) is 19.0 Å². The third-order valence-electron chi connectivity index (χ3n) is 2.76. The maximum absolute atomic E-state index is 4.37. The van der Waals surface area contributed by atoms with Gasteiger partial charge in [-0.25, -0.2) is 0 Å². The van der Waals surface area contributed by atoms with Gasteiger partial charge in [0.1, 0.15) is 0 Å². The molecular formula is C12H16BrMgN. The van der Waals surface area contributed by atoms with Crippen LogP contribution in [-0.4, -0.2) is 36.1 Å². The first-order chi connectivity index (χ1) is 6.45. The van der Waals surface area contributed by atoms with E-state index >= 15 is 0 Å². The zero-order valence-corrected chi connectivity index (χ0v) is 12.0. The van der Waals surface area contributed by atoms with Crippen LogP contribution in [0.25, 0.3) is 5.32 Å². The number of nitrogens with zero attached hydrogens (tertiary/aromatic N) is 1. The van der Waals surface area contributed by atoms with Crippen LogP contribution < -0.4 is 17.0 Å². The molecule has 1 aliphatic rings. The van der Waals surface area contributed by atoms with Crippen LogP contribution in [0.5, 0.6) is 0 Å². The molecule has 0 radical (unpaired) electrons. The fourth-order valence-electron chi connectivity index (χ4n) is 1.96. The van der Waals surface area contributed by atoms with Crippen molar-refractivity contribution >= 4 is 23.1 Å². The summed E-state index contributed by atoms with van der Waals surface area (Å²) in [6, 6.07) is 10.8. The van der Waals surface area contributed by atoms with Crippen molar-refractivity contribution in [1.82, 2.24) is 0 Å². The van der Waals surface area contributed by atoms with Gasteiger partial charge in [0.2, 0.25) is 0 Å². The molecule has 78 valence electrons. The van der Waals surface area contributed by atoms with Crippen molar-refractivity contribution in [1.29, 1.82) is 0 Å². The zero-order chi connectivity index (χ0) is 8.93. The predicted octanol–water partition coefficient (Wildman–Crippen LogP) is -0.364. The van der Waals surface area contributed by atoms with E-state index in [0.29, 0.717) is 0 Å². The molecule has 0 N–H and O–H groups in total. The van der Waals surface area contributed by atoms with E-state index in [2.05, 4.69) is 35.6 Å². The Morgan fingerprint density at radius 3 is 2.27 bits per heavy atom. The molecule has 0 atom stereocenters. The van der Waals surface area contributed by atoms with Gasteiger partial charge in [0, 0.05) is 0 Å². The average Bonchev–Trinajstić information content (AvgIpc) is 2.21. The average molecular weight is 278 g/mol. The van der Waals surface area contributed by atoms with Crippen molar-refractivity contribution in [2.24, 2.45) is 5.92 Å². The van der Waals surface area contributed by atoms with Gasteiger partial charge in [-0.3, -0.25) is 0 Å². The first-order valence-electron chi connectivity index (χ1n) is 5.12. The summed E-state index contributed by atoms with van der Waals surface area (Å²) in [6.45, 7) is 2.16. The van der Waals surface area contributed by atoms with Crippen LogP contribution in [0.15, 0.2) is 30.3 Å². The van der Waals surface area contributed by atoms with Crippen LogP contribution in [0.3, 0.4) is 0 Å². The van der Waals surface area contributed by atoms with Gasteiger partial charge in [-0.15, -0.1) is 13.1 Å². The van der Waals surface area contributed by atoms with Gasteiger partial charge in [0.15, 0.2) is 0 Å². The van der Waals surface area contributed by atoms with Gasteiger partial charge in [0.05, 0.1) is 0 Å². The fraction of sp³-hybridized carbons (Fsp3) is 0.500. The first kappa shape index (κ1) is 15.4. The monoisotopic (exact) mass is 277 g/mol. The van der Waals surface area contributed by atoms with Gasteiger partial charge in [-0.05, 0) is 17.9 Å². The Morgan fingerprint density at radius 1 is 1.07 bits per heavy atom. The Kier molecular flexibility index (Phi) is 8.81. The molecular weight excluding hydrogens is 262 g/mol. The van der Waals surface area contributed by atoms with Gasteiger partial charge >= 0.3 is 23.1 Å². The van der Waals surface area contributed by atoms with E-state index < -0.39 is 0 Å². The van der Waals surface area contributed by atoms with E-state index in [1.165, 1.54) is 24.8 Å². The minimum Gasteiger partial charge on any atom is -1.00 e. The molecule has 0 aliphatic carbocycles. The number of piperidine rings is 1. The van der Waals surface area contributed by atoms with Crippen LogP contribution in [0, 0.1) is 5.92 Å².